The van der Waals surface area contributed by atoms with Crippen molar-refractivity contribution in [3.05, 3.63) is 35.5 Å². The van der Waals surface area contributed by atoms with Gasteiger partial charge in [0.05, 0.1) is 7.11 Å². The van der Waals surface area contributed by atoms with Gasteiger partial charge in [0.15, 0.2) is 17.3 Å². The first-order valence-electron chi connectivity index (χ1n) is 11.8. The minimum absolute atomic E-state index is 0.0516. The van der Waals surface area contributed by atoms with E-state index in [1.54, 1.807) is 12.1 Å². The molecule has 0 bridgehead atoms. The lowest BCUT2D eigenvalue weighted by molar-refractivity contribution is -0.122. The van der Waals surface area contributed by atoms with Gasteiger partial charge in [0, 0.05) is 26.3 Å². The first-order valence-corrected chi connectivity index (χ1v) is 11.8. The lowest BCUT2D eigenvalue weighted by Crippen LogP contribution is -2.45. The number of ether oxygens (including phenoxy) is 2. The van der Waals surface area contributed by atoms with Crippen molar-refractivity contribution in [1.29, 1.82) is 0 Å². The highest BCUT2D eigenvalue weighted by Gasteiger charge is 2.38. The second-order valence-electron chi connectivity index (χ2n) is 8.65. The molecule has 2 amide bonds. The number of aromatic nitrogens is 2. The van der Waals surface area contributed by atoms with Crippen LogP contribution in [0.4, 0.5) is 8.78 Å². The predicted octanol–water partition coefficient (Wildman–Crippen LogP) is 3.66. The summed E-state index contributed by atoms with van der Waals surface area (Å²) in [5.41, 5.74) is 0.0902. The van der Waals surface area contributed by atoms with E-state index >= 15 is 0 Å². The number of rotatable bonds is 11. The molecule has 0 atom stereocenters. The topological polar surface area (TPSA) is 116 Å². The van der Waals surface area contributed by atoms with Crippen LogP contribution < -0.4 is 20.1 Å². The zero-order valence-corrected chi connectivity index (χ0v) is 20.1. The number of carbonyl (C=O) groups excluding carboxylic acids is 2. The zero-order chi connectivity index (χ0) is 25.3. The number of amides is 2. The molecule has 0 saturated heterocycles. The van der Waals surface area contributed by atoms with Crippen LogP contribution in [-0.4, -0.2) is 42.2 Å². The van der Waals surface area contributed by atoms with Crippen LogP contribution >= 0.6 is 0 Å². The maximum Gasteiger partial charge on any atom is 0.387 e. The fourth-order valence-corrected chi connectivity index (χ4v) is 4.34. The number of nitrogens with one attached hydrogen (secondary N) is 2. The monoisotopic (exact) mass is 494 g/mol. The van der Waals surface area contributed by atoms with Crippen molar-refractivity contribution in [1.82, 2.24) is 20.8 Å². The van der Waals surface area contributed by atoms with Gasteiger partial charge in [-0.05, 0) is 37.0 Å². The quantitative estimate of drug-likeness (QED) is 0.458. The van der Waals surface area contributed by atoms with Crippen molar-refractivity contribution >= 4 is 11.8 Å². The van der Waals surface area contributed by atoms with Gasteiger partial charge < -0.3 is 24.6 Å². The second kappa shape index (κ2) is 12.5. The Morgan fingerprint density at radius 3 is 2.54 bits per heavy atom. The van der Waals surface area contributed by atoms with E-state index in [1.807, 2.05) is 0 Å². The van der Waals surface area contributed by atoms with Crippen LogP contribution in [0.3, 0.4) is 0 Å². The summed E-state index contributed by atoms with van der Waals surface area (Å²) in [5, 5.41) is 9.95. The normalized spacial score (nSPS) is 15.3. The molecule has 2 N–H and O–H groups in total. The van der Waals surface area contributed by atoms with Gasteiger partial charge in [-0.15, -0.1) is 0 Å². The Balaban J connectivity index is 1.50. The van der Waals surface area contributed by atoms with E-state index < -0.39 is 12.2 Å². The Labute approximate surface area is 202 Å². The predicted molar refractivity (Wildman–Crippen MR) is 122 cm³/mol. The lowest BCUT2D eigenvalue weighted by atomic mass is 9.89. The van der Waals surface area contributed by atoms with Crippen molar-refractivity contribution in [2.24, 2.45) is 0 Å². The van der Waals surface area contributed by atoms with Crippen LogP contribution in [0, 0.1) is 0 Å². The van der Waals surface area contributed by atoms with Crippen LogP contribution in [0.1, 0.15) is 69.1 Å². The molecule has 1 heterocycles. The molecule has 2 aromatic rings. The minimum Gasteiger partial charge on any atom is -0.493 e. The molecule has 11 heteroatoms. The summed E-state index contributed by atoms with van der Waals surface area (Å²) < 4.78 is 40.0. The molecule has 0 radical (unpaired) electrons. The summed E-state index contributed by atoms with van der Waals surface area (Å²) in [5.74, 6) is 0.625. The van der Waals surface area contributed by atoms with Crippen molar-refractivity contribution < 1.29 is 32.4 Å². The van der Waals surface area contributed by atoms with Gasteiger partial charge in [0.2, 0.25) is 17.7 Å². The average molecular weight is 495 g/mol. The van der Waals surface area contributed by atoms with Gasteiger partial charge in [0.25, 0.3) is 0 Å². The summed E-state index contributed by atoms with van der Waals surface area (Å²) in [6, 6.07) is 4.74. The molecule has 1 aromatic carbocycles. The smallest absolute Gasteiger partial charge is 0.387 e. The molecular weight excluding hydrogens is 462 g/mol. The molecule has 3 rings (SSSR count). The maximum atomic E-state index is 12.6. The molecule has 1 aromatic heterocycles. The number of methoxy groups -OCH3 is 1. The van der Waals surface area contributed by atoms with Crippen molar-refractivity contribution in [2.75, 3.05) is 13.7 Å². The van der Waals surface area contributed by atoms with E-state index in [4.69, 9.17) is 9.26 Å². The average Bonchev–Trinajstić information content (AvgIpc) is 3.17. The van der Waals surface area contributed by atoms with Crippen LogP contribution in [0.25, 0.3) is 0 Å². The summed E-state index contributed by atoms with van der Waals surface area (Å²) in [6.07, 6.45) is 6.49. The Morgan fingerprint density at radius 2 is 1.89 bits per heavy atom. The van der Waals surface area contributed by atoms with E-state index in [9.17, 15) is 18.4 Å². The highest BCUT2D eigenvalue weighted by atomic mass is 19.3. The van der Waals surface area contributed by atoms with Crippen LogP contribution in [-0.2, 0) is 28.0 Å². The number of carbonyl (C=O) groups is 2. The molecule has 0 aliphatic heterocycles. The Morgan fingerprint density at radius 1 is 1.14 bits per heavy atom. The summed E-state index contributed by atoms with van der Waals surface area (Å²) >= 11 is 0. The molecule has 1 aliphatic carbocycles. The van der Waals surface area contributed by atoms with Crippen molar-refractivity contribution in [3.8, 4) is 11.5 Å². The number of hydrogen-bond donors (Lipinski definition) is 2. The Kier molecular flexibility index (Phi) is 9.39. The van der Waals surface area contributed by atoms with Crippen molar-refractivity contribution in [3.63, 3.8) is 0 Å². The first-order chi connectivity index (χ1) is 16.8. The third-order valence-corrected chi connectivity index (χ3v) is 6.01. The number of aryl methyl sites for hydroxylation is 1. The molecule has 0 unspecified atom stereocenters. The summed E-state index contributed by atoms with van der Waals surface area (Å²) in [7, 11) is 1.37. The van der Waals surface area contributed by atoms with E-state index in [-0.39, 0.29) is 36.2 Å². The fourth-order valence-electron chi connectivity index (χ4n) is 4.34. The minimum atomic E-state index is -2.96. The van der Waals surface area contributed by atoms with Gasteiger partial charge in [-0.1, -0.05) is 36.9 Å². The highest BCUT2D eigenvalue weighted by Crippen LogP contribution is 2.34. The summed E-state index contributed by atoms with van der Waals surface area (Å²) in [4.78, 5) is 28.6. The fraction of sp³-hybridized carbons (Fsp3) is 0.583. The lowest BCUT2D eigenvalue weighted by Gasteiger charge is -2.30. The van der Waals surface area contributed by atoms with E-state index in [0.717, 1.165) is 44.1 Å². The van der Waals surface area contributed by atoms with Crippen molar-refractivity contribution in [2.45, 2.75) is 76.9 Å². The molecule has 0 spiro atoms. The maximum absolute atomic E-state index is 12.6. The highest BCUT2D eigenvalue weighted by molar-refractivity contribution is 5.76. The first kappa shape index (κ1) is 26.4. The number of nitrogens with zero attached hydrogens (tertiary/aromatic N) is 2. The van der Waals surface area contributed by atoms with Gasteiger partial charge in [-0.25, -0.2) is 0 Å². The van der Waals surface area contributed by atoms with Gasteiger partial charge in [-0.2, -0.15) is 13.8 Å². The van der Waals surface area contributed by atoms with Crippen LogP contribution in [0.15, 0.2) is 22.7 Å². The third-order valence-electron chi connectivity index (χ3n) is 6.01. The molecular formula is C24H32F2N4O5. The summed E-state index contributed by atoms with van der Waals surface area (Å²) in [6.45, 7) is -1.16. The second-order valence-corrected chi connectivity index (χ2v) is 8.65. The van der Waals surface area contributed by atoms with Gasteiger partial charge >= 0.3 is 6.61 Å². The molecule has 9 nitrogen and oxygen atoms in total. The van der Waals surface area contributed by atoms with Crippen LogP contribution in [0.5, 0.6) is 11.5 Å². The van der Waals surface area contributed by atoms with Gasteiger partial charge in [-0.3, -0.25) is 9.59 Å². The zero-order valence-electron chi connectivity index (χ0n) is 20.1. The molecule has 1 saturated carbocycles. The molecule has 1 aliphatic rings. The molecule has 192 valence electrons. The number of halogens is 2. The van der Waals surface area contributed by atoms with E-state index in [2.05, 4.69) is 25.5 Å². The molecule has 35 heavy (non-hydrogen) atoms. The van der Waals surface area contributed by atoms with E-state index in [0.29, 0.717) is 24.7 Å². The SMILES string of the molecule is COc1ccc(CCNC(=O)CCc2nc(C3(NC(C)=O)CCCCCC3)no2)cc1OC(F)F. The largest absolute Gasteiger partial charge is 0.493 e. The van der Waals surface area contributed by atoms with E-state index in [1.165, 1.54) is 20.1 Å². The van der Waals surface area contributed by atoms with Gasteiger partial charge in [0.1, 0.15) is 5.54 Å². The van der Waals surface area contributed by atoms with Crippen LogP contribution in [0.2, 0.25) is 0 Å². The Hall–Kier alpha value is -3.24. The number of hydrogen-bond acceptors (Lipinski definition) is 7. The molecule has 1 fully saturated rings. The number of alkyl halides is 2. The number of benzene rings is 1. The standard InChI is InChI=1S/C24H32F2N4O5/c1-16(31)29-24(12-5-3-4-6-13-24)22-28-21(35-30-22)10-9-20(32)27-14-11-17-7-8-18(33-2)19(15-17)34-23(25)26/h7-8,15,23H,3-6,9-14H2,1-2H3,(H,27,32)(H,29,31). The Bertz CT molecular complexity index is 990. The third kappa shape index (κ3) is 7.63.